The highest BCUT2D eigenvalue weighted by Gasteiger charge is 2.31. The van der Waals surface area contributed by atoms with Crippen molar-refractivity contribution in [2.24, 2.45) is 0 Å². The molecule has 1 aliphatic heterocycles. The molecule has 0 aliphatic carbocycles. The average molecular weight is 400 g/mol. The maximum absolute atomic E-state index is 13.0. The van der Waals surface area contributed by atoms with E-state index < -0.39 is 11.7 Å². The van der Waals surface area contributed by atoms with Crippen LogP contribution in [0.4, 0.5) is 18.9 Å². The standard InChI is InChI=1S/C23H23F3N2O/c1-29-22-10-9-17-5-2-3-8-20(17)21(22)16-27-11-13-28(14-12-27)19-7-4-6-18(15-19)23(24,25)26/h2-10,15H,11-14,16H2,1H3. The zero-order chi connectivity index (χ0) is 20.4. The number of halogens is 3. The Hall–Kier alpha value is -2.73. The molecule has 1 saturated heterocycles. The van der Waals surface area contributed by atoms with Gasteiger partial charge in [0.05, 0.1) is 12.7 Å². The van der Waals surface area contributed by atoms with E-state index in [0.29, 0.717) is 18.8 Å². The van der Waals surface area contributed by atoms with Gasteiger partial charge in [-0.1, -0.05) is 36.4 Å². The fourth-order valence-electron chi connectivity index (χ4n) is 3.94. The normalized spacial score (nSPS) is 15.7. The van der Waals surface area contributed by atoms with Gasteiger partial charge >= 0.3 is 6.18 Å². The Bertz CT molecular complexity index is 995. The van der Waals surface area contributed by atoms with Gasteiger partial charge in [-0.05, 0) is 35.0 Å². The van der Waals surface area contributed by atoms with E-state index in [-0.39, 0.29) is 0 Å². The van der Waals surface area contributed by atoms with E-state index in [1.807, 2.05) is 23.1 Å². The van der Waals surface area contributed by atoms with Crippen molar-refractivity contribution in [3.63, 3.8) is 0 Å². The average Bonchev–Trinajstić information content (AvgIpc) is 2.74. The lowest BCUT2D eigenvalue weighted by Gasteiger charge is -2.36. The number of benzene rings is 3. The minimum Gasteiger partial charge on any atom is -0.496 e. The minimum absolute atomic E-state index is 0.599. The molecule has 0 spiro atoms. The van der Waals surface area contributed by atoms with Crippen LogP contribution in [0.15, 0.2) is 60.7 Å². The zero-order valence-corrected chi connectivity index (χ0v) is 16.2. The number of hydrogen-bond donors (Lipinski definition) is 0. The van der Waals surface area contributed by atoms with Crippen molar-refractivity contribution in [3.8, 4) is 5.75 Å². The van der Waals surface area contributed by atoms with Crippen molar-refractivity contribution < 1.29 is 17.9 Å². The van der Waals surface area contributed by atoms with Crippen molar-refractivity contribution >= 4 is 16.5 Å². The molecule has 0 N–H and O–H groups in total. The monoisotopic (exact) mass is 400 g/mol. The molecule has 0 radical (unpaired) electrons. The van der Waals surface area contributed by atoms with Gasteiger partial charge in [0.15, 0.2) is 0 Å². The van der Waals surface area contributed by atoms with Gasteiger partial charge in [0, 0.05) is 44.0 Å². The quantitative estimate of drug-likeness (QED) is 0.600. The highest BCUT2D eigenvalue weighted by atomic mass is 19.4. The number of fused-ring (bicyclic) bond motifs is 1. The van der Waals surface area contributed by atoms with E-state index in [4.69, 9.17) is 4.74 Å². The molecule has 0 unspecified atom stereocenters. The molecule has 0 bridgehead atoms. The Balaban J connectivity index is 1.48. The molecule has 3 aromatic carbocycles. The predicted molar refractivity (Wildman–Crippen MR) is 109 cm³/mol. The molecule has 1 heterocycles. The molecule has 0 atom stereocenters. The third-order valence-corrected chi connectivity index (χ3v) is 5.51. The molecule has 29 heavy (non-hydrogen) atoms. The fraction of sp³-hybridized carbons (Fsp3) is 0.304. The minimum atomic E-state index is -4.32. The lowest BCUT2D eigenvalue weighted by Crippen LogP contribution is -2.46. The second kappa shape index (κ2) is 7.95. The first-order valence-corrected chi connectivity index (χ1v) is 9.65. The summed E-state index contributed by atoms with van der Waals surface area (Å²) >= 11 is 0. The lowest BCUT2D eigenvalue weighted by molar-refractivity contribution is -0.137. The van der Waals surface area contributed by atoms with Crippen molar-refractivity contribution in [2.45, 2.75) is 12.7 Å². The molecular weight excluding hydrogens is 377 g/mol. The number of nitrogens with zero attached hydrogens (tertiary/aromatic N) is 2. The van der Waals surface area contributed by atoms with Crippen molar-refractivity contribution in [1.82, 2.24) is 4.90 Å². The third kappa shape index (κ3) is 4.17. The predicted octanol–water partition coefficient (Wildman–Crippen LogP) is 5.19. The number of anilines is 1. The van der Waals surface area contributed by atoms with Crippen molar-refractivity contribution in [1.29, 1.82) is 0 Å². The number of ether oxygens (including phenoxy) is 1. The number of methoxy groups -OCH3 is 1. The van der Waals surface area contributed by atoms with Gasteiger partial charge in [0.1, 0.15) is 5.75 Å². The SMILES string of the molecule is COc1ccc2ccccc2c1CN1CCN(c2cccc(C(F)(F)F)c2)CC1. The van der Waals surface area contributed by atoms with Crippen LogP contribution in [0.2, 0.25) is 0 Å². The molecule has 0 amide bonds. The van der Waals surface area contributed by atoms with Crippen molar-refractivity contribution in [2.75, 3.05) is 38.2 Å². The van der Waals surface area contributed by atoms with Gasteiger partial charge in [-0.2, -0.15) is 13.2 Å². The third-order valence-electron chi connectivity index (χ3n) is 5.51. The summed E-state index contributed by atoms with van der Waals surface area (Å²) in [6.07, 6.45) is -4.32. The Morgan fingerprint density at radius 2 is 1.66 bits per heavy atom. The van der Waals surface area contributed by atoms with E-state index in [9.17, 15) is 13.2 Å². The largest absolute Gasteiger partial charge is 0.496 e. The number of alkyl halides is 3. The van der Waals surface area contributed by atoms with Crippen LogP contribution in [0.1, 0.15) is 11.1 Å². The lowest BCUT2D eigenvalue weighted by atomic mass is 10.0. The number of hydrogen-bond acceptors (Lipinski definition) is 3. The zero-order valence-electron chi connectivity index (χ0n) is 16.2. The number of rotatable bonds is 4. The van der Waals surface area contributed by atoms with Gasteiger partial charge in [-0.3, -0.25) is 4.90 Å². The van der Waals surface area contributed by atoms with E-state index in [1.165, 1.54) is 22.9 Å². The summed E-state index contributed by atoms with van der Waals surface area (Å²) < 4.78 is 44.6. The van der Waals surface area contributed by atoms with Crippen LogP contribution < -0.4 is 9.64 Å². The van der Waals surface area contributed by atoms with Gasteiger partial charge in [-0.25, -0.2) is 0 Å². The van der Waals surface area contributed by atoms with Crippen LogP contribution in [-0.4, -0.2) is 38.2 Å². The molecule has 1 aliphatic rings. The highest BCUT2D eigenvalue weighted by Crippen LogP contribution is 2.33. The van der Waals surface area contributed by atoms with Gasteiger partial charge < -0.3 is 9.64 Å². The highest BCUT2D eigenvalue weighted by molar-refractivity contribution is 5.87. The summed E-state index contributed by atoms with van der Waals surface area (Å²) in [4.78, 5) is 4.35. The van der Waals surface area contributed by atoms with Crippen LogP contribution >= 0.6 is 0 Å². The Morgan fingerprint density at radius 3 is 2.38 bits per heavy atom. The summed E-state index contributed by atoms with van der Waals surface area (Å²) in [5.74, 6) is 0.865. The van der Waals surface area contributed by atoms with Gasteiger partial charge in [0.25, 0.3) is 0 Å². The Kier molecular flexibility index (Phi) is 5.37. The first kappa shape index (κ1) is 19.6. The fourth-order valence-corrected chi connectivity index (χ4v) is 3.94. The van der Waals surface area contributed by atoms with Gasteiger partial charge in [0.2, 0.25) is 0 Å². The molecular formula is C23H23F3N2O. The van der Waals surface area contributed by atoms with Gasteiger partial charge in [-0.15, -0.1) is 0 Å². The van der Waals surface area contributed by atoms with E-state index in [2.05, 4.69) is 23.1 Å². The molecule has 0 aromatic heterocycles. The molecule has 152 valence electrons. The van der Waals surface area contributed by atoms with Crippen LogP contribution in [0, 0.1) is 0 Å². The molecule has 4 rings (SSSR count). The Morgan fingerprint density at radius 1 is 0.897 bits per heavy atom. The first-order valence-electron chi connectivity index (χ1n) is 9.65. The van der Waals surface area contributed by atoms with E-state index in [0.717, 1.165) is 37.0 Å². The second-order valence-corrected chi connectivity index (χ2v) is 7.28. The topological polar surface area (TPSA) is 15.7 Å². The second-order valence-electron chi connectivity index (χ2n) is 7.28. The summed E-state index contributed by atoms with van der Waals surface area (Å²) in [6, 6.07) is 17.9. The molecule has 0 saturated carbocycles. The molecule has 3 aromatic rings. The first-order chi connectivity index (χ1) is 14.0. The summed E-state index contributed by atoms with van der Waals surface area (Å²) in [5.41, 5.74) is 1.18. The maximum atomic E-state index is 13.0. The van der Waals surface area contributed by atoms with Crippen LogP contribution in [0.3, 0.4) is 0 Å². The molecule has 1 fully saturated rings. The van der Waals surface area contributed by atoms with Crippen LogP contribution in [-0.2, 0) is 12.7 Å². The van der Waals surface area contributed by atoms with E-state index in [1.54, 1.807) is 13.2 Å². The number of piperazine rings is 1. The van der Waals surface area contributed by atoms with Crippen LogP contribution in [0.25, 0.3) is 10.8 Å². The van der Waals surface area contributed by atoms with E-state index >= 15 is 0 Å². The molecule has 6 heteroatoms. The summed E-state index contributed by atoms with van der Waals surface area (Å²) in [5, 5.41) is 2.35. The Labute approximate surface area is 168 Å². The smallest absolute Gasteiger partial charge is 0.416 e. The maximum Gasteiger partial charge on any atom is 0.416 e. The van der Waals surface area contributed by atoms with Crippen LogP contribution in [0.5, 0.6) is 5.75 Å². The molecule has 3 nitrogen and oxygen atoms in total. The summed E-state index contributed by atoms with van der Waals surface area (Å²) in [6.45, 7) is 3.69. The van der Waals surface area contributed by atoms with Crippen molar-refractivity contribution in [3.05, 3.63) is 71.8 Å². The summed E-state index contributed by atoms with van der Waals surface area (Å²) in [7, 11) is 1.68.